The Balaban J connectivity index is 2.25. The summed E-state index contributed by atoms with van der Waals surface area (Å²) in [5.41, 5.74) is 4.86. The molecular weight excluding hydrogens is 272 g/mol. The average molecular weight is 296 g/mol. The van der Waals surface area contributed by atoms with E-state index < -0.39 is 11.5 Å². The van der Waals surface area contributed by atoms with Gasteiger partial charge in [-0.05, 0) is 38.0 Å². The lowest BCUT2D eigenvalue weighted by molar-refractivity contribution is -0.152. The first-order valence-electron chi connectivity index (χ1n) is 7.47. The van der Waals surface area contributed by atoms with Crippen molar-refractivity contribution >= 4 is 17.6 Å². The van der Waals surface area contributed by atoms with Gasteiger partial charge in [0.05, 0.1) is 0 Å². The maximum absolute atomic E-state index is 13.0. The van der Waals surface area contributed by atoms with E-state index in [2.05, 4.69) is 10.5 Å². The molecule has 0 aromatic carbocycles. The second-order valence-electron chi connectivity index (χ2n) is 6.21. The summed E-state index contributed by atoms with van der Waals surface area (Å²) in [6.45, 7) is 2.58. The van der Waals surface area contributed by atoms with E-state index in [1.54, 1.807) is 11.9 Å². The predicted molar refractivity (Wildman–Crippen MR) is 77.7 cm³/mol. The number of likely N-dealkylation sites (tertiary alicyclic amines) is 1. The van der Waals surface area contributed by atoms with Gasteiger partial charge in [-0.2, -0.15) is 0 Å². The van der Waals surface area contributed by atoms with Gasteiger partial charge in [-0.15, -0.1) is 0 Å². The van der Waals surface area contributed by atoms with Crippen molar-refractivity contribution in [2.24, 2.45) is 22.2 Å². The molecule has 7 heteroatoms. The molecule has 1 aliphatic heterocycles. The Labute approximate surface area is 124 Å². The smallest absolute Gasteiger partial charge is 0.242 e. The zero-order valence-electron chi connectivity index (χ0n) is 12.6. The molecule has 1 saturated carbocycles. The van der Waals surface area contributed by atoms with Crippen molar-refractivity contribution in [3.63, 3.8) is 0 Å². The van der Waals surface area contributed by atoms with Crippen LogP contribution in [0.1, 0.15) is 39.0 Å². The molecule has 1 unspecified atom stereocenters. The molecule has 1 atom stereocenters. The average Bonchev–Trinajstić information content (AvgIpc) is 2.49. The number of carbonyl (C=O) groups excluding carboxylic acids is 2. The van der Waals surface area contributed by atoms with Crippen LogP contribution in [0.2, 0.25) is 0 Å². The number of amides is 2. The molecule has 2 aliphatic rings. The highest BCUT2D eigenvalue weighted by molar-refractivity contribution is 6.08. The standard InChI is InChI=1S/C14H24N4O3/c1-9-7-14(8-9,12(15)17-21)13(20)18-6-4-3-5-10(18)11(19)16-2/h9-10,21H,3-8H2,1-2H3,(H2,15,17)(H,16,19). The highest BCUT2D eigenvalue weighted by atomic mass is 16.4. The summed E-state index contributed by atoms with van der Waals surface area (Å²) in [7, 11) is 1.57. The van der Waals surface area contributed by atoms with E-state index in [1.165, 1.54) is 0 Å². The number of nitrogens with two attached hydrogens (primary N) is 1. The van der Waals surface area contributed by atoms with Crippen LogP contribution in [0.15, 0.2) is 5.16 Å². The molecule has 21 heavy (non-hydrogen) atoms. The van der Waals surface area contributed by atoms with E-state index in [0.717, 1.165) is 12.8 Å². The van der Waals surface area contributed by atoms with Gasteiger partial charge in [-0.1, -0.05) is 12.1 Å². The van der Waals surface area contributed by atoms with E-state index in [9.17, 15) is 9.59 Å². The van der Waals surface area contributed by atoms with E-state index in [0.29, 0.717) is 31.7 Å². The SMILES string of the molecule is CNC(=O)C1CCCCN1C(=O)C1(C(N)=NO)CC(C)C1. The Morgan fingerprint density at radius 1 is 1.38 bits per heavy atom. The molecule has 7 nitrogen and oxygen atoms in total. The van der Waals surface area contributed by atoms with E-state index >= 15 is 0 Å². The molecule has 0 aromatic heterocycles. The number of amidine groups is 1. The number of hydrogen-bond donors (Lipinski definition) is 3. The third-order valence-corrected chi connectivity index (χ3v) is 4.71. The minimum absolute atomic E-state index is 0.0353. The normalized spacial score (nSPS) is 33.2. The molecule has 0 spiro atoms. The van der Waals surface area contributed by atoms with Gasteiger partial charge < -0.3 is 21.2 Å². The van der Waals surface area contributed by atoms with Crippen LogP contribution < -0.4 is 11.1 Å². The Bertz CT molecular complexity index is 457. The number of likely N-dealkylation sites (N-methyl/N-ethyl adjacent to an activating group) is 1. The zero-order chi connectivity index (χ0) is 15.6. The molecule has 0 aromatic rings. The molecule has 4 N–H and O–H groups in total. The maximum atomic E-state index is 13.0. The molecule has 2 amide bonds. The summed E-state index contributed by atoms with van der Waals surface area (Å²) >= 11 is 0. The van der Waals surface area contributed by atoms with Gasteiger partial charge in [0.15, 0.2) is 5.84 Å². The third kappa shape index (κ3) is 2.56. The van der Waals surface area contributed by atoms with Crippen molar-refractivity contribution in [2.75, 3.05) is 13.6 Å². The second-order valence-corrected chi connectivity index (χ2v) is 6.21. The van der Waals surface area contributed by atoms with Crippen molar-refractivity contribution in [1.29, 1.82) is 0 Å². The first-order chi connectivity index (χ1) is 9.96. The number of nitrogens with one attached hydrogen (secondary N) is 1. The summed E-state index contributed by atoms with van der Waals surface area (Å²) in [4.78, 5) is 26.6. The van der Waals surface area contributed by atoms with Crippen LogP contribution in [0.5, 0.6) is 0 Å². The lowest BCUT2D eigenvalue weighted by Gasteiger charge is -2.48. The van der Waals surface area contributed by atoms with Crippen molar-refractivity contribution in [2.45, 2.75) is 45.1 Å². The second kappa shape index (κ2) is 5.91. The fraction of sp³-hybridized carbons (Fsp3) is 0.786. The molecule has 1 saturated heterocycles. The lowest BCUT2D eigenvalue weighted by Crippen LogP contribution is -2.62. The molecule has 1 heterocycles. The fourth-order valence-corrected chi connectivity index (χ4v) is 3.61. The van der Waals surface area contributed by atoms with Crippen LogP contribution in [0, 0.1) is 11.3 Å². The largest absolute Gasteiger partial charge is 0.409 e. The van der Waals surface area contributed by atoms with E-state index in [4.69, 9.17) is 10.9 Å². The van der Waals surface area contributed by atoms with Crippen molar-refractivity contribution in [1.82, 2.24) is 10.2 Å². The topological polar surface area (TPSA) is 108 Å². The number of oxime groups is 1. The minimum Gasteiger partial charge on any atom is -0.409 e. The highest BCUT2D eigenvalue weighted by Gasteiger charge is 2.55. The summed E-state index contributed by atoms with van der Waals surface area (Å²) in [5.74, 6) is -0.00129. The number of nitrogens with zero attached hydrogens (tertiary/aromatic N) is 2. The number of piperidine rings is 1. The summed E-state index contributed by atoms with van der Waals surface area (Å²) in [5, 5.41) is 14.7. The molecule has 1 aliphatic carbocycles. The van der Waals surface area contributed by atoms with Crippen molar-refractivity contribution in [3.8, 4) is 0 Å². The molecule has 2 rings (SSSR count). The Morgan fingerprint density at radius 2 is 2.05 bits per heavy atom. The Morgan fingerprint density at radius 3 is 2.57 bits per heavy atom. The molecule has 2 fully saturated rings. The van der Waals surface area contributed by atoms with Crippen molar-refractivity contribution in [3.05, 3.63) is 0 Å². The highest BCUT2D eigenvalue weighted by Crippen LogP contribution is 2.47. The zero-order valence-corrected chi connectivity index (χ0v) is 12.6. The quantitative estimate of drug-likeness (QED) is 0.301. The minimum atomic E-state index is -0.933. The van der Waals surface area contributed by atoms with Crippen LogP contribution in [0.3, 0.4) is 0 Å². The predicted octanol–water partition coefficient (Wildman–Crippen LogP) is 0.276. The summed E-state index contributed by atoms with van der Waals surface area (Å²) in [6.07, 6.45) is 3.60. The van der Waals surface area contributed by atoms with Crippen LogP contribution in [0.4, 0.5) is 0 Å². The maximum Gasteiger partial charge on any atom is 0.242 e. The molecule has 0 bridgehead atoms. The van der Waals surface area contributed by atoms with Crippen LogP contribution >= 0.6 is 0 Å². The monoisotopic (exact) mass is 296 g/mol. The van der Waals surface area contributed by atoms with Crippen LogP contribution in [-0.4, -0.2) is 47.4 Å². The van der Waals surface area contributed by atoms with Gasteiger partial charge in [-0.25, -0.2) is 0 Å². The third-order valence-electron chi connectivity index (χ3n) is 4.71. The van der Waals surface area contributed by atoms with Gasteiger partial charge in [0.1, 0.15) is 11.5 Å². The molecule has 118 valence electrons. The van der Waals surface area contributed by atoms with E-state index in [-0.39, 0.29) is 17.6 Å². The van der Waals surface area contributed by atoms with Gasteiger partial charge in [-0.3, -0.25) is 9.59 Å². The van der Waals surface area contributed by atoms with Gasteiger partial charge in [0.25, 0.3) is 0 Å². The Kier molecular flexibility index (Phi) is 4.39. The summed E-state index contributed by atoms with van der Waals surface area (Å²) in [6, 6.07) is -0.449. The van der Waals surface area contributed by atoms with Crippen LogP contribution in [0.25, 0.3) is 0 Å². The van der Waals surface area contributed by atoms with Gasteiger partial charge in [0.2, 0.25) is 11.8 Å². The first kappa shape index (κ1) is 15.6. The van der Waals surface area contributed by atoms with Gasteiger partial charge in [0, 0.05) is 13.6 Å². The summed E-state index contributed by atoms with van der Waals surface area (Å²) < 4.78 is 0. The van der Waals surface area contributed by atoms with E-state index in [1.807, 2.05) is 6.92 Å². The number of hydrogen-bond acceptors (Lipinski definition) is 4. The van der Waals surface area contributed by atoms with Gasteiger partial charge >= 0.3 is 0 Å². The fourth-order valence-electron chi connectivity index (χ4n) is 3.61. The number of rotatable bonds is 3. The van der Waals surface area contributed by atoms with Crippen molar-refractivity contribution < 1.29 is 14.8 Å². The first-order valence-corrected chi connectivity index (χ1v) is 7.47. The lowest BCUT2D eigenvalue weighted by atomic mass is 9.60. The Hall–Kier alpha value is -1.79. The molecule has 0 radical (unpaired) electrons. The molecular formula is C14H24N4O3. The van der Waals surface area contributed by atoms with Crippen LogP contribution in [-0.2, 0) is 9.59 Å². The number of carbonyl (C=O) groups is 2.